The van der Waals surface area contributed by atoms with Crippen molar-refractivity contribution in [2.75, 3.05) is 20.2 Å². The number of piperidine rings is 1. The number of hydrogen-bond acceptors (Lipinski definition) is 3. The van der Waals surface area contributed by atoms with Crippen LogP contribution in [0.25, 0.3) is 0 Å². The van der Waals surface area contributed by atoms with Crippen molar-refractivity contribution in [2.45, 2.75) is 19.8 Å². The highest BCUT2D eigenvalue weighted by Crippen LogP contribution is 2.17. The zero-order valence-corrected chi connectivity index (χ0v) is 9.23. The number of esters is 1. The van der Waals surface area contributed by atoms with Crippen LogP contribution in [0.3, 0.4) is 0 Å². The minimum atomic E-state index is -0.215. The van der Waals surface area contributed by atoms with E-state index in [4.69, 9.17) is 0 Å². The van der Waals surface area contributed by atoms with Crippen LogP contribution < -0.4 is 0 Å². The van der Waals surface area contributed by atoms with Gasteiger partial charge in [0.05, 0.1) is 13.0 Å². The van der Waals surface area contributed by atoms with Crippen molar-refractivity contribution in [3.05, 3.63) is 12.2 Å². The highest BCUT2D eigenvalue weighted by molar-refractivity contribution is 5.88. The Kier molecular flexibility index (Phi) is 4.34. The van der Waals surface area contributed by atoms with E-state index in [1.54, 1.807) is 17.9 Å². The minimum Gasteiger partial charge on any atom is -0.469 e. The molecule has 1 heterocycles. The minimum absolute atomic E-state index is 0.0221. The molecule has 1 aliphatic heterocycles. The summed E-state index contributed by atoms with van der Waals surface area (Å²) in [5.74, 6) is -0.392. The summed E-state index contributed by atoms with van der Waals surface area (Å²) in [5.41, 5.74) is 0. The maximum atomic E-state index is 11.5. The van der Waals surface area contributed by atoms with Crippen LogP contribution in [0.1, 0.15) is 19.8 Å². The molecule has 1 unspecified atom stereocenters. The Morgan fingerprint density at radius 2 is 2.20 bits per heavy atom. The Morgan fingerprint density at radius 1 is 1.47 bits per heavy atom. The number of amides is 1. The molecule has 1 amide bonds. The number of carbonyl (C=O) groups excluding carboxylic acids is 2. The first kappa shape index (κ1) is 11.8. The Labute approximate surface area is 89.9 Å². The van der Waals surface area contributed by atoms with Crippen LogP contribution >= 0.6 is 0 Å². The normalized spacial score (nSPS) is 21.7. The van der Waals surface area contributed by atoms with Gasteiger partial charge in [-0.2, -0.15) is 0 Å². The molecule has 15 heavy (non-hydrogen) atoms. The van der Waals surface area contributed by atoms with Crippen molar-refractivity contribution >= 4 is 11.9 Å². The molecule has 0 aromatic rings. The smallest absolute Gasteiger partial charge is 0.310 e. The van der Waals surface area contributed by atoms with Gasteiger partial charge in [0.25, 0.3) is 0 Å². The first-order chi connectivity index (χ1) is 7.19. The number of carbonyl (C=O) groups is 2. The van der Waals surface area contributed by atoms with Gasteiger partial charge in [0, 0.05) is 13.1 Å². The van der Waals surface area contributed by atoms with E-state index in [1.165, 1.54) is 13.2 Å². The summed E-state index contributed by atoms with van der Waals surface area (Å²) in [4.78, 5) is 24.6. The molecule has 0 spiro atoms. The quantitative estimate of drug-likeness (QED) is 0.505. The fourth-order valence-corrected chi connectivity index (χ4v) is 1.78. The third kappa shape index (κ3) is 3.08. The van der Waals surface area contributed by atoms with E-state index in [-0.39, 0.29) is 17.8 Å². The van der Waals surface area contributed by atoms with Gasteiger partial charge in [-0.15, -0.1) is 0 Å². The second-order valence-electron chi connectivity index (χ2n) is 3.65. The number of allylic oxidation sites excluding steroid dienone is 1. The lowest BCUT2D eigenvalue weighted by Gasteiger charge is -2.30. The van der Waals surface area contributed by atoms with Crippen molar-refractivity contribution in [3.63, 3.8) is 0 Å². The van der Waals surface area contributed by atoms with Gasteiger partial charge in [0.1, 0.15) is 0 Å². The zero-order valence-electron chi connectivity index (χ0n) is 9.23. The van der Waals surface area contributed by atoms with Crippen molar-refractivity contribution in [1.29, 1.82) is 0 Å². The summed E-state index contributed by atoms with van der Waals surface area (Å²) in [7, 11) is 1.38. The average Bonchev–Trinajstić information content (AvgIpc) is 2.28. The van der Waals surface area contributed by atoms with Crippen LogP contribution in [-0.4, -0.2) is 37.0 Å². The predicted molar refractivity (Wildman–Crippen MR) is 56.1 cm³/mol. The number of ether oxygens (including phenoxy) is 1. The maximum Gasteiger partial charge on any atom is 0.310 e. The summed E-state index contributed by atoms with van der Waals surface area (Å²) in [6.45, 7) is 3.02. The lowest BCUT2D eigenvalue weighted by Crippen LogP contribution is -2.41. The third-order valence-electron chi connectivity index (χ3n) is 2.58. The first-order valence-corrected chi connectivity index (χ1v) is 5.18. The van der Waals surface area contributed by atoms with Crippen molar-refractivity contribution in [3.8, 4) is 0 Å². The Balaban J connectivity index is 2.56. The lowest BCUT2D eigenvalue weighted by molar-refractivity contribution is -0.148. The Hall–Kier alpha value is -1.32. The fraction of sp³-hybridized carbons (Fsp3) is 0.636. The number of nitrogens with zero attached hydrogens (tertiary/aromatic N) is 1. The Bertz CT molecular complexity index is 273. The van der Waals surface area contributed by atoms with Gasteiger partial charge in [-0.05, 0) is 25.8 Å². The van der Waals surface area contributed by atoms with Gasteiger partial charge in [0.15, 0.2) is 0 Å². The largest absolute Gasteiger partial charge is 0.469 e. The van der Waals surface area contributed by atoms with Crippen LogP contribution in [-0.2, 0) is 14.3 Å². The lowest BCUT2D eigenvalue weighted by atomic mass is 9.98. The molecule has 84 valence electrons. The monoisotopic (exact) mass is 211 g/mol. The molecule has 1 fully saturated rings. The van der Waals surface area contributed by atoms with E-state index >= 15 is 0 Å². The summed E-state index contributed by atoms with van der Waals surface area (Å²) in [6.07, 6.45) is 4.92. The number of methoxy groups -OCH3 is 1. The molecule has 1 rings (SSSR count). The fourth-order valence-electron chi connectivity index (χ4n) is 1.78. The molecule has 4 heteroatoms. The third-order valence-corrected chi connectivity index (χ3v) is 2.58. The second kappa shape index (κ2) is 5.53. The van der Waals surface area contributed by atoms with Crippen molar-refractivity contribution in [1.82, 2.24) is 4.90 Å². The van der Waals surface area contributed by atoms with Crippen LogP contribution in [0.5, 0.6) is 0 Å². The number of hydrogen-bond donors (Lipinski definition) is 0. The van der Waals surface area contributed by atoms with E-state index in [1.807, 2.05) is 0 Å². The van der Waals surface area contributed by atoms with Crippen LogP contribution in [0, 0.1) is 5.92 Å². The van der Waals surface area contributed by atoms with E-state index in [2.05, 4.69) is 4.74 Å². The number of rotatable bonds is 2. The molecule has 1 atom stereocenters. The van der Waals surface area contributed by atoms with E-state index < -0.39 is 0 Å². The molecule has 0 aromatic carbocycles. The van der Waals surface area contributed by atoms with E-state index in [0.717, 1.165) is 19.4 Å². The SMILES string of the molecule is C/C=C/C(=O)N1CCCC(C(=O)OC)C1. The molecule has 0 saturated carbocycles. The van der Waals surface area contributed by atoms with E-state index in [9.17, 15) is 9.59 Å². The van der Waals surface area contributed by atoms with Gasteiger partial charge < -0.3 is 9.64 Å². The number of likely N-dealkylation sites (tertiary alicyclic amines) is 1. The highest BCUT2D eigenvalue weighted by atomic mass is 16.5. The van der Waals surface area contributed by atoms with E-state index in [0.29, 0.717) is 6.54 Å². The highest BCUT2D eigenvalue weighted by Gasteiger charge is 2.27. The summed E-state index contributed by atoms with van der Waals surface area (Å²) in [6, 6.07) is 0. The van der Waals surface area contributed by atoms with Gasteiger partial charge in [-0.25, -0.2) is 0 Å². The molecule has 0 radical (unpaired) electrons. The van der Waals surface area contributed by atoms with Crippen molar-refractivity contribution in [2.24, 2.45) is 5.92 Å². The molecule has 1 aliphatic rings. The molecule has 0 bridgehead atoms. The standard InChI is InChI=1S/C11H17NO3/c1-3-5-10(13)12-7-4-6-9(8-12)11(14)15-2/h3,5,9H,4,6-8H2,1-2H3/b5-3+. The maximum absolute atomic E-state index is 11.5. The molecular formula is C11H17NO3. The molecular weight excluding hydrogens is 194 g/mol. The average molecular weight is 211 g/mol. The topological polar surface area (TPSA) is 46.6 Å². The second-order valence-corrected chi connectivity index (χ2v) is 3.65. The van der Waals surface area contributed by atoms with Crippen LogP contribution in [0.4, 0.5) is 0 Å². The van der Waals surface area contributed by atoms with Gasteiger partial charge in [0.2, 0.25) is 5.91 Å². The molecule has 0 aliphatic carbocycles. The van der Waals surface area contributed by atoms with Gasteiger partial charge in [-0.1, -0.05) is 6.08 Å². The zero-order chi connectivity index (χ0) is 11.3. The van der Waals surface area contributed by atoms with Crippen LogP contribution in [0.2, 0.25) is 0 Å². The summed E-state index contributed by atoms with van der Waals surface area (Å²) < 4.78 is 4.68. The molecule has 1 saturated heterocycles. The summed E-state index contributed by atoms with van der Waals surface area (Å²) >= 11 is 0. The van der Waals surface area contributed by atoms with Crippen molar-refractivity contribution < 1.29 is 14.3 Å². The first-order valence-electron chi connectivity index (χ1n) is 5.18. The molecule has 0 aromatic heterocycles. The molecule has 0 N–H and O–H groups in total. The summed E-state index contributed by atoms with van der Waals surface area (Å²) in [5, 5.41) is 0. The Morgan fingerprint density at radius 3 is 2.80 bits per heavy atom. The van der Waals surface area contributed by atoms with Gasteiger partial charge >= 0.3 is 5.97 Å². The predicted octanol–water partition coefficient (Wildman–Crippen LogP) is 0.974. The van der Waals surface area contributed by atoms with Crippen LogP contribution in [0.15, 0.2) is 12.2 Å². The van der Waals surface area contributed by atoms with Gasteiger partial charge in [-0.3, -0.25) is 9.59 Å². The molecule has 4 nitrogen and oxygen atoms in total.